The number of hydrogen-bond acceptors (Lipinski definition) is 5. The van der Waals surface area contributed by atoms with Crippen LogP contribution in [0.1, 0.15) is 12.0 Å². The number of nitrogens with zero attached hydrogens (tertiary/aromatic N) is 4. The van der Waals surface area contributed by atoms with Crippen LogP contribution >= 0.6 is 0 Å². The van der Waals surface area contributed by atoms with Crippen LogP contribution in [0.25, 0.3) is 0 Å². The number of anilines is 1. The third-order valence-electron chi connectivity index (χ3n) is 3.49. The fraction of sp³-hybridized carbons (Fsp3) is 0.500. The Balaban J connectivity index is 2.22. The molecule has 20 heavy (non-hydrogen) atoms. The molecule has 0 bridgehead atoms. The molecule has 2 heterocycles. The van der Waals surface area contributed by atoms with Gasteiger partial charge in [-0.1, -0.05) is 5.92 Å². The minimum Gasteiger partial charge on any atom is -0.350 e. The fourth-order valence-electron chi connectivity index (χ4n) is 2.46. The lowest BCUT2D eigenvalue weighted by Gasteiger charge is -2.22. The van der Waals surface area contributed by atoms with E-state index in [1.165, 1.54) is 0 Å². The predicted molar refractivity (Wildman–Crippen MR) is 77.7 cm³/mol. The summed E-state index contributed by atoms with van der Waals surface area (Å²) in [5.41, 5.74) is 0.752. The molecule has 0 atom stereocenters. The number of pyridine rings is 1. The lowest BCUT2D eigenvalue weighted by Crippen LogP contribution is -2.31. The monoisotopic (exact) mass is 274 g/mol. The smallest absolute Gasteiger partial charge is 0.314 e. The molecule has 1 aromatic rings. The average Bonchev–Trinajstić information content (AvgIpc) is 2.64. The van der Waals surface area contributed by atoms with Gasteiger partial charge in [-0.2, -0.15) is 0 Å². The molecule has 0 unspecified atom stereocenters. The van der Waals surface area contributed by atoms with E-state index in [1.807, 2.05) is 4.90 Å². The summed E-state index contributed by atoms with van der Waals surface area (Å²) in [5, 5.41) is 11.2. The molecule has 1 saturated heterocycles. The van der Waals surface area contributed by atoms with Crippen LogP contribution < -0.4 is 4.90 Å². The third kappa shape index (κ3) is 3.06. The van der Waals surface area contributed by atoms with E-state index in [2.05, 4.69) is 15.8 Å². The molecule has 1 aromatic heterocycles. The summed E-state index contributed by atoms with van der Waals surface area (Å²) < 4.78 is 0. The molecule has 0 N–H and O–H groups in total. The Morgan fingerprint density at radius 3 is 2.95 bits per heavy atom. The first-order valence-corrected chi connectivity index (χ1v) is 6.64. The normalized spacial score (nSPS) is 16.5. The lowest BCUT2D eigenvalue weighted by molar-refractivity contribution is -0.384. The number of hydrogen-bond donors (Lipinski definition) is 0. The van der Waals surface area contributed by atoms with Gasteiger partial charge >= 0.3 is 5.69 Å². The Bertz CT molecular complexity index is 538. The number of terminal acetylenes is 1. The fourth-order valence-corrected chi connectivity index (χ4v) is 2.46. The summed E-state index contributed by atoms with van der Waals surface area (Å²) in [6.07, 6.45) is 7.88. The quantitative estimate of drug-likeness (QED) is 0.474. The Kier molecular flexibility index (Phi) is 4.53. The predicted octanol–water partition coefficient (Wildman–Crippen LogP) is 1.44. The number of aromatic nitrogens is 1. The maximum atomic E-state index is 11.2. The topological polar surface area (TPSA) is 62.5 Å². The van der Waals surface area contributed by atoms with E-state index in [9.17, 15) is 10.1 Å². The van der Waals surface area contributed by atoms with Gasteiger partial charge in [0.05, 0.1) is 11.5 Å². The Morgan fingerprint density at radius 1 is 1.45 bits per heavy atom. The average molecular weight is 274 g/mol. The van der Waals surface area contributed by atoms with Crippen LogP contribution in [0, 0.1) is 29.4 Å². The van der Waals surface area contributed by atoms with E-state index in [1.54, 1.807) is 19.2 Å². The summed E-state index contributed by atoms with van der Waals surface area (Å²) in [7, 11) is 0. The first-order chi connectivity index (χ1) is 9.63. The molecular weight excluding hydrogens is 256 g/mol. The van der Waals surface area contributed by atoms with Crippen molar-refractivity contribution < 1.29 is 4.92 Å². The number of nitro groups is 1. The van der Waals surface area contributed by atoms with Crippen molar-refractivity contribution in [1.82, 2.24) is 9.88 Å². The highest BCUT2D eigenvalue weighted by molar-refractivity contribution is 5.61. The van der Waals surface area contributed by atoms with Gasteiger partial charge in [0.25, 0.3) is 0 Å². The molecule has 0 aromatic carbocycles. The Hall–Kier alpha value is -2.13. The summed E-state index contributed by atoms with van der Waals surface area (Å²) in [6.45, 7) is 5.55. The van der Waals surface area contributed by atoms with Crippen molar-refractivity contribution in [2.75, 3.05) is 37.6 Å². The van der Waals surface area contributed by atoms with E-state index in [0.29, 0.717) is 24.5 Å². The zero-order valence-electron chi connectivity index (χ0n) is 11.6. The summed E-state index contributed by atoms with van der Waals surface area (Å²) in [5.74, 6) is 3.11. The highest BCUT2D eigenvalue weighted by Gasteiger charge is 2.25. The first kappa shape index (κ1) is 14.3. The molecule has 0 radical (unpaired) electrons. The molecule has 1 fully saturated rings. The largest absolute Gasteiger partial charge is 0.350 e. The minimum absolute atomic E-state index is 0.109. The van der Waals surface area contributed by atoms with Crippen molar-refractivity contribution in [1.29, 1.82) is 0 Å². The SMILES string of the molecule is C#CCN1CCCN(c2nccc(C)c2[N+](=O)[O-])CC1. The van der Waals surface area contributed by atoms with Crippen molar-refractivity contribution in [3.63, 3.8) is 0 Å². The van der Waals surface area contributed by atoms with Gasteiger partial charge in [-0.15, -0.1) is 6.42 Å². The summed E-state index contributed by atoms with van der Waals surface area (Å²) >= 11 is 0. The zero-order chi connectivity index (χ0) is 14.5. The molecule has 6 nitrogen and oxygen atoms in total. The van der Waals surface area contributed by atoms with Crippen molar-refractivity contribution in [2.45, 2.75) is 13.3 Å². The van der Waals surface area contributed by atoms with Crippen molar-refractivity contribution >= 4 is 11.5 Å². The van der Waals surface area contributed by atoms with Gasteiger partial charge in [0.15, 0.2) is 0 Å². The lowest BCUT2D eigenvalue weighted by atomic mass is 10.2. The molecule has 0 spiro atoms. The van der Waals surface area contributed by atoms with E-state index in [4.69, 9.17) is 6.42 Å². The minimum atomic E-state index is -0.345. The standard InChI is InChI=1S/C14H18N4O2/c1-3-7-16-8-4-9-17(11-10-16)14-13(18(19)20)12(2)5-6-15-14/h1,5-6H,4,7-11H2,2H3. The van der Waals surface area contributed by atoms with Crippen LogP contribution in [0.2, 0.25) is 0 Å². The molecule has 2 rings (SSSR count). The Labute approximate surface area is 118 Å². The third-order valence-corrected chi connectivity index (χ3v) is 3.49. The molecule has 0 saturated carbocycles. The highest BCUT2D eigenvalue weighted by atomic mass is 16.6. The van der Waals surface area contributed by atoms with Gasteiger partial charge in [-0.25, -0.2) is 4.98 Å². The van der Waals surface area contributed by atoms with Crippen LogP contribution in [-0.2, 0) is 0 Å². The van der Waals surface area contributed by atoms with E-state index in [0.717, 1.165) is 26.1 Å². The van der Waals surface area contributed by atoms with Crippen LogP contribution in [0.4, 0.5) is 11.5 Å². The first-order valence-electron chi connectivity index (χ1n) is 6.64. The van der Waals surface area contributed by atoms with Gasteiger partial charge in [-0.3, -0.25) is 15.0 Å². The van der Waals surface area contributed by atoms with Gasteiger partial charge in [-0.05, 0) is 19.4 Å². The van der Waals surface area contributed by atoms with Gasteiger partial charge in [0.2, 0.25) is 5.82 Å². The van der Waals surface area contributed by atoms with Crippen LogP contribution in [-0.4, -0.2) is 47.5 Å². The van der Waals surface area contributed by atoms with Crippen LogP contribution in [0.3, 0.4) is 0 Å². The van der Waals surface area contributed by atoms with Crippen LogP contribution in [0.15, 0.2) is 12.3 Å². The maximum Gasteiger partial charge on any atom is 0.314 e. The number of aryl methyl sites for hydroxylation is 1. The summed E-state index contributed by atoms with van der Waals surface area (Å²) in [6, 6.07) is 1.67. The second kappa shape index (κ2) is 6.35. The Morgan fingerprint density at radius 2 is 2.25 bits per heavy atom. The van der Waals surface area contributed by atoms with E-state index >= 15 is 0 Å². The molecule has 0 amide bonds. The van der Waals surface area contributed by atoms with Crippen molar-refractivity contribution in [3.8, 4) is 12.3 Å². The second-order valence-corrected chi connectivity index (χ2v) is 4.88. The molecular formula is C14H18N4O2. The van der Waals surface area contributed by atoms with Gasteiger partial charge in [0, 0.05) is 37.9 Å². The van der Waals surface area contributed by atoms with E-state index in [-0.39, 0.29) is 10.6 Å². The second-order valence-electron chi connectivity index (χ2n) is 4.88. The maximum absolute atomic E-state index is 11.2. The molecule has 1 aliphatic rings. The van der Waals surface area contributed by atoms with Gasteiger partial charge in [0.1, 0.15) is 0 Å². The number of rotatable bonds is 3. The molecule has 0 aliphatic carbocycles. The molecule has 106 valence electrons. The van der Waals surface area contributed by atoms with E-state index < -0.39 is 0 Å². The molecule has 6 heteroatoms. The molecule has 1 aliphatic heterocycles. The van der Waals surface area contributed by atoms with Gasteiger partial charge < -0.3 is 4.90 Å². The zero-order valence-corrected chi connectivity index (χ0v) is 11.6. The summed E-state index contributed by atoms with van der Waals surface area (Å²) in [4.78, 5) is 19.3. The van der Waals surface area contributed by atoms with Crippen LogP contribution in [0.5, 0.6) is 0 Å². The van der Waals surface area contributed by atoms with Crippen molar-refractivity contribution in [3.05, 3.63) is 27.9 Å². The van der Waals surface area contributed by atoms with Crippen molar-refractivity contribution in [2.24, 2.45) is 0 Å². The highest BCUT2D eigenvalue weighted by Crippen LogP contribution is 2.29.